The van der Waals surface area contributed by atoms with Crippen LogP contribution in [0.2, 0.25) is 0 Å². The maximum atomic E-state index is 12.9. The van der Waals surface area contributed by atoms with E-state index in [2.05, 4.69) is 10.1 Å². The number of para-hydroxylation sites is 1. The van der Waals surface area contributed by atoms with Gasteiger partial charge in [0, 0.05) is 0 Å². The summed E-state index contributed by atoms with van der Waals surface area (Å²) in [6.45, 7) is 0.749. The van der Waals surface area contributed by atoms with Gasteiger partial charge in [-0.05, 0) is 17.7 Å². The number of thiazole rings is 1. The molecule has 0 bridgehead atoms. The van der Waals surface area contributed by atoms with E-state index in [9.17, 15) is 4.79 Å². The summed E-state index contributed by atoms with van der Waals surface area (Å²) in [5, 5.41) is 6.08. The minimum absolute atomic E-state index is 0.112. The molecule has 0 fully saturated rings. The lowest BCUT2D eigenvalue weighted by molar-refractivity contribution is -0.119. The van der Waals surface area contributed by atoms with Gasteiger partial charge in [0.05, 0.1) is 16.4 Å². The van der Waals surface area contributed by atoms with E-state index in [1.54, 1.807) is 6.21 Å². The van der Waals surface area contributed by atoms with E-state index in [0.717, 1.165) is 15.8 Å². The molecule has 0 atom stereocenters. The fourth-order valence-corrected chi connectivity index (χ4v) is 3.31. The number of hydrogen-bond donors (Lipinski definition) is 0. The zero-order valence-corrected chi connectivity index (χ0v) is 14.6. The van der Waals surface area contributed by atoms with Crippen LogP contribution in [0.1, 0.15) is 5.56 Å². The lowest BCUT2D eigenvalue weighted by atomic mass is 10.2. The van der Waals surface area contributed by atoms with E-state index in [0.29, 0.717) is 18.3 Å². The minimum atomic E-state index is -0.420. The van der Waals surface area contributed by atoms with E-state index >= 15 is 0 Å². The molecule has 0 saturated carbocycles. The van der Waals surface area contributed by atoms with Gasteiger partial charge in [0.25, 0.3) is 0 Å². The number of hydrogen-bond acceptors (Lipinski definition) is 6. The Morgan fingerprint density at radius 3 is 2.69 bits per heavy atom. The van der Waals surface area contributed by atoms with Crippen molar-refractivity contribution >= 4 is 38.8 Å². The Kier molecular flexibility index (Phi) is 4.61. The SMILES string of the molecule is O=C(C1=COCCO1)N(/N=C\c1ccccc1)c1nc2ccccc2s1. The van der Waals surface area contributed by atoms with Gasteiger partial charge < -0.3 is 9.47 Å². The largest absolute Gasteiger partial charge is 0.494 e. The molecule has 1 aliphatic rings. The summed E-state index contributed by atoms with van der Waals surface area (Å²) in [5.41, 5.74) is 1.69. The van der Waals surface area contributed by atoms with Crippen LogP contribution in [0.15, 0.2) is 71.7 Å². The highest BCUT2D eigenvalue weighted by molar-refractivity contribution is 7.22. The van der Waals surface area contributed by atoms with Crippen molar-refractivity contribution in [2.45, 2.75) is 0 Å². The van der Waals surface area contributed by atoms with Crippen molar-refractivity contribution in [2.75, 3.05) is 18.2 Å². The minimum Gasteiger partial charge on any atom is -0.494 e. The molecule has 4 rings (SSSR count). The highest BCUT2D eigenvalue weighted by atomic mass is 32.1. The second-order valence-electron chi connectivity index (χ2n) is 5.44. The Labute approximate surface area is 154 Å². The van der Waals surface area contributed by atoms with Crippen LogP contribution in [0.25, 0.3) is 10.2 Å². The van der Waals surface area contributed by atoms with E-state index in [1.165, 1.54) is 22.6 Å². The first-order chi connectivity index (χ1) is 12.8. The number of carbonyl (C=O) groups excluding carboxylic acids is 1. The number of carbonyl (C=O) groups is 1. The molecule has 1 amide bonds. The zero-order chi connectivity index (χ0) is 17.8. The van der Waals surface area contributed by atoms with Crippen molar-refractivity contribution in [3.63, 3.8) is 0 Å². The van der Waals surface area contributed by atoms with Gasteiger partial charge in [-0.3, -0.25) is 4.79 Å². The van der Waals surface area contributed by atoms with Gasteiger partial charge in [-0.1, -0.05) is 53.8 Å². The van der Waals surface area contributed by atoms with Crippen LogP contribution in [0.4, 0.5) is 5.13 Å². The van der Waals surface area contributed by atoms with Crippen molar-refractivity contribution in [1.29, 1.82) is 0 Å². The molecule has 0 spiro atoms. The maximum Gasteiger partial charge on any atom is 0.319 e. The first-order valence-corrected chi connectivity index (χ1v) is 8.86. The van der Waals surface area contributed by atoms with Crippen LogP contribution in [0.5, 0.6) is 0 Å². The fourth-order valence-electron chi connectivity index (χ4n) is 2.39. The normalized spacial score (nSPS) is 13.9. The smallest absolute Gasteiger partial charge is 0.319 e. The molecule has 2 heterocycles. The van der Waals surface area contributed by atoms with Crippen LogP contribution in [0.3, 0.4) is 0 Å². The molecule has 0 saturated heterocycles. The zero-order valence-electron chi connectivity index (χ0n) is 13.7. The van der Waals surface area contributed by atoms with Crippen molar-refractivity contribution in [3.8, 4) is 0 Å². The molecule has 130 valence electrons. The van der Waals surface area contributed by atoms with Crippen LogP contribution >= 0.6 is 11.3 Å². The van der Waals surface area contributed by atoms with Crippen molar-refractivity contribution in [1.82, 2.24) is 4.98 Å². The van der Waals surface area contributed by atoms with Crippen molar-refractivity contribution in [3.05, 3.63) is 72.2 Å². The number of aromatic nitrogens is 1. The number of amides is 1. The predicted molar refractivity (Wildman–Crippen MR) is 101 cm³/mol. The number of fused-ring (bicyclic) bond motifs is 1. The number of ether oxygens (including phenoxy) is 2. The topological polar surface area (TPSA) is 64.0 Å². The summed E-state index contributed by atoms with van der Waals surface area (Å²) < 4.78 is 11.6. The third kappa shape index (κ3) is 3.43. The van der Waals surface area contributed by atoms with Gasteiger partial charge in [-0.2, -0.15) is 10.1 Å². The lowest BCUT2D eigenvalue weighted by Gasteiger charge is -2.19. The molecule has 1 aromatic heterocycles. The Bertz CT molecular complexity index is 949. The monoisotopic (exact) mass is 365 g/mol. The molecule has 0 unspecified atom stereocenters. The molecule has 0 radical (unpaired) electrons. The molecule has 1 aliphatic heterocycles. The second kappa shape index (κ2) is 7.37. The molecule has 3 aromatic rings. The summed E-state index contributed by atoms with van der Waals surface area (Å²) in [6, 6.07) is 17.3. The standard InChI is InChI=1S/C19H15N3O3S/c23-18(16-13-24-10-11-25-16)22(20-12-14-6-2-1-3-7-14)19-21-15-8-4-5-9-17(15)26-19/h1-9,12-13H,10-11H2/b20-12-. The summed E-state index contributed by atoms with van der Waals surface area (Å²) >= 11 is 1.39. The summed E-state index contributed by atoms with van der Waals surface area (Å²) in [5.74, 6) is -0.309. The van der Waals surface area contributed by atoms with Crippen molar-refractivity contribution in [2.24, 2.45) is 5.10 Å². The van der Waals surface area contributed by atoms with Crippen LogP contribution in [0, 0.1) is 0 Å². The summed E-state index contributed by atoms with van der Waals surface area (Å²) in [6.07, 6.45) is 2.94. The van der Waals surface area contributed by atoms with E-state index < -0.39 is 5.91 Å². The molecule has 7 heteroatoms. The molecule has 0 N–H and O–H groups in total. The van der Waals surface area contributed by atoms with Gasteiger partial charge in [0.1, 0.15) is 19.5 Å². The lowest BCUT2D eigenvalue weighted by Crippen LogP contribution is -2.30. The average Bonchev–Trinajstić information content (AvgIpc) is 3.13. The third-order valence-corrected chi connectivity index (χ3v) is 4.65. The number of nitrogens with zero attached hydrogens (tertiary/aromatic N) is 3. The Hall–Kier alpha value is -3.19. The van der Waals surface area contributed by atoms with E-state index in [-0.39, 0.29) is 5.76 Å². The van der Waals surface area contributed by atoms with Gasteiger partial charge in [0.15, 0.2) is 0 Å². The second-order valence-corrected chi connectivity index (χ2v) is 6.45. The molecule has 6 nitrogen and oxygen atoms in total. The molecule has 26 heavy (non-hydrogen) atoms. The van der Waals surface area contributed by atoms with Crippen molar-refractivity contribution < 1.29 is 14.3 Å². The van der Waals surface area contributed by atoms with Gasteiger partial charge >= 0.3 is 5.91 Å². The average molecular weight is 365 g/mol. The molecule has 2 aromatic carbocycles. The maximum absolute atomic E-state index is 12.9. The Morgan fingerprint density at radius 1 is 1.12 bits per heavy atom. The number of benzene rings is 2. The molecule has 0 aliphatic carbocycles. The van der Waals surface area contributed by atoms with Crippen LogP contribution in [-0.2, 0) is 14.3 Å². The predicted octanol–water partition coefficient (Wildman–Crippen LogP) is 3.55. The number of anilines is 1. The highest BCUT2D eigenvalue weighted by Crippen LogP contribution is 2.30. The van der Waals surface area contributed by atoms with Gasteiger partial charge in [-0.25, -0.2) is 4.98 Å². The number of hydrazone groups is 1. The Balaban J connectivity index is 1.71. The first kappa shape index (κ1) is 16.3. The van der Waals surface area contributed by atoms with Crippen LogP contribution < -0.4 is 5.01 Å². The highest BCUT2D eigenvalue weighted by Gasteiger charge is 2.26. The molecular weight excluding hydrogens is 350 g/mol. The van der Waals surface area contributed by atoms with E-state index in [4.69, 9.17) is 9.47 Å². The third-order valence-electron chi connectivity index (χ3n) is 3.64. The van der Waals surface area contributed by atoms with Crippen LogP contribution in [-0.4, -0.2) is 30.3 Å². The fraction of sp³-hybridized carbons (Fsp3) is 0.105. The van der Waals surface area contributed by atoms with Gasteiger partial charge in [-0.15, -0.1) is 0 Å². The Morgan fingerprint density at radius 2 is 1.92 bits per heavy atom. The van der Waals surface area contributed by atoms with Gasteiger partial charge in [0.2, 0.25) is 10.9 Å². The summed E-state index contributed by atoms with van der Waals surface area (Å²) in [4.78, 5) is 17.4. The number of rotatable bonds is 4. The quantitative estimate of drug-likeness (QED) is 0.524. The van der Waals surface area contributed by atoms with E-state index in [1.807, 2.05) is 54.6 Å². The first-order valence-electron chi connectivity index (χ1n) is 8.05. The summed E-state index contributed by atoms with van der Waals surface area (Å²) in [7, 11) is 0. The molecular formula is C19H15N3O3S.